The van der Waals surface area contributed by atoms with E-state index in [1.165, 1.54) is 12.0 Å². The number of hydrogen-bond donors (Lipinski definition) is 4. The van der Waals surface area contributed by atoms with Crippen molar-refractivity contribution in [1.82, 2.24) is 26.2 Å². The lowest BCUT2D eigenvalue weighted by Crippen LogP contribution is -2.54. The van der Waals surface area contributed by atoms with Crippen LogP contribution in [0, 0.1) is 11.8 Å². The summed E-state index contributed by atoms with van der Waals surface area (Å²) in [6.45, 7) is 4.22. The molecule has 6 amide bonds. The van der Waals surface area contributed by atoms with Crippen molar-refractivity contribution in [2.75, 3.05) is 13.7 Å². The van der Waals surface area contributed by atoms with Gasteiger partial charge in [-0.2, -0.15) is 0 Å². The van der Waals surface area contributed by atoms with Gasteiger partial charge in [0.2, 0.25) is 5.54 Å². The van der Waals surface area contributed by atoms with Crippen molar-refractivity contribution in [2.45, 2.75) is 36.9 Å². The molecule has 1 spiro atoms. The molecular formula is C28H25N5O5. The van der Waals surface area contributed by atoms with Gasteiger partial charge in [-0.25, -0.2) is 9.59 Å². The van der Waals surface area contributed by atoms with E-state index in [1.807, 2.05) is 24.3 Å². The monoisotopic (exact) mass is 511 g/mol. The van der Waals surface area contributed by atoms with Crippen LogP contribution in [0.4, 0.5) is 9.59 Å². The second-order valence-electron chi connectivity index (χ2n) is 9.94. The van der Waals surface area contributed by atoms with Gasteiger partial charge in [-0.3, -0.25) is 14.9 Å². The molecule has 2 fully saturated rings. The fraction of sp³-hybridized carbons (Fsp3) is 0.286. The molecule has 10 nitrogen and oxygen atoms in total. The van der Waals surface area contributed by atoms with Crippen LogP contribution in [-0.4, -0.2) is 48.0 Å². The number of nitrogens with one attached hydrogen (secondary N) is 4. The molecule has 0 unspecified atom stereocenters. The first-order chi connectivity index (χ1) is 18.2. The van der Waals surface area contributed by atoms with Gasteiger partial charge in [-0.05, 0) is 60.2 Å². The Labute approximate surface area is 218 Å². The zero-order valence-corrected chi connectivity index (χ0v) is 20.7. The van der Waals surface area contributed by atoms with E-state index in [9.17, 15) is 19.2 Å². The van der Waals surface area contributed by atoms with Gasteiger partial charge in [0.1, 0.15) is 11.3 Å². The van der Waals surface area contributed by atoms with Gasteiger partial charge in [0.05, 0.1) is 13.7 Å². The number of nitrogens with zero attached hydrogens (tertiary/aromatic N) is 1. The predicted molar refractivity (Wildman–Crippen MR) is 136 cm³/mol. The van der Waals surface area contributed by atoms with Crippen molar-refractivity contribution in [3.05, 3.63) is 76.5 Å². The van der Waals surface area contributed by atoms with E-state index in [2.05, 4.69) is 39.7 Å². The minimum Gasteiger partial charge on any atom is -0.497 e. The second-order valence-corrected chi connectivity index (χ2v) is 9.94. The molecular weight excluding hydrogens is 486 g/mol. The molecule has 3 aliphatic heterocycles. The average Bonchev–Trinajstić information content (AvgIpc) is 3.47. The van der Waals surface area contributed by atoms with Gasteiger partial charge < -0.3 is 25.6 Å². The molecule has 38 heavy (non-hydrogen) atoms. The van der Waals surface area contributed by atoms with Gasteiger partial charge in [0.15, 0.2) is 0 Å². The number of fused-ring (bicyclic) bond motifs is 3. The molecule has 2 aromatic rings. The summed E-state index contributed by atoms with van der Waals surface area (Å²) in [7, 11) is 1.53. The quantitative estimate of drug-likeness (QED) is 0.368. The molecule has 192 valence electrons. The van der Waals surface area contributed by atoms with Crippen LogP contribution in [0.2, 0.25) is 0 Å². The van der Waals surface area contributed by atoms with E-state index in [4.69, 9.17) is 4.74 Å². The molecule has 0 aromatic heterocycles. The van der Waals surface area contributed by atoms with Gasteiger partial charge in [-0.15, -0.1) is 0 Å². The predicted octanol–water partition coefficient (Wildman–Crippen LogP) is 1.64. The van der Waals surface area contributed by atoms with E-state index >= 15 is 0 Å². The van der Waals surface area contributed by atoms with Crippen molar-refractivity contribution in [2.24, 2.45) is 0 Å². The molecule has 4 aliphatic rings. The van der Waals surface area contributed by atoms with Gasteiger partial charge in [0.25, 0.3) is 11.8 Å². The average molecular weight is 512 g/mol. The van der Waals surface area contributed by atoms with Crippen LogP contribution in [0.5, 0.6) is 5.75 Å². The van der Waals surface area contributed by atoms with Crippen LogP contribution in [0.3, 0.4) is 0 Å². The van der Waals surface area contributed by atoms with Crippen LogP contribution in [-0.2, 0) is 23.3 Å². The lowest BCUT2D eigenvalue weighted by Gasteiger charge is -2.35. The number of ether oxygens (including phenoxy) is 1. The number of carbonyl (C=O) groups excluding carboxylic acids is 4. The molecule has 0 bridgehead atoms. The van der Waals surface area contributed by atoms with E-state index in [0.717, 1.165) is 36.0 Å². The SMILES string of the molecule is C=C1NC(=O)N[C@@]12CCCc1cc(C#C[C@]3(CN4Cc5ccc(OC)cc5C4=O)NC(=O)NC3=O)ccc12. The minimum absolute atomic E-state index is 0.112. The molecule has 2 atom stereocenters. The summed E-state index contributed by atoms with van der Waals surface area (Å²) in [6.07, 6.45) is 2.41. The highest BCUT2D eigenvalue weighted by Gasteiger charge is 2.49. The Balaban J connectivity index is 1.31. The Hall–Kier alpha value is -4.78. The molecule has 0 radical (unpaired) electrons. The van der Waals surface area contributed by atoms with E-state index in [1.54, 1.807) is 12.1 Å². The largest absolute Gasteiger partial charge is 0.497 e. The van der Waals surface area contributed by atoms with E-state index in [0.29, 0.717) is 22.6 Å². The first-order valence-corrected chi connectivity index (χ1v) is 12.3. The Kier molecular flexibility index (Phi) is 5.21. The number of carbonyl (C=O) groups is 4. The smallest absolute Gasteiger partial charge is 0.323 e. The molecule has 4 N–H and O–H groups in total. The zero-order valence-electron chi connectivity index (χ0n) is 20.7. The molecule has 3 heterocycles. The van der Waals surface area contributed by atoms with E-state index in [-0.39, 0.29) is 25.0 Å². The lowest BCUT2D eigenvalue weighted by atomic mass is 9.75. The highest BCUT2D eigenvalue weighted by molar-refractivity contribution is 6.10. The third-order valence-corrected chi connectivity index (χ3v) is 7.66. The maximum Gasteiger partial charge on any atom is 0.323 e. The number of methoxy groups -OCH3 is 1. The third-order valence-electron chi connectivity index (χ3n) is 7.66. The summed E-state index contributed by atoms with van der Waals surface area (Å²) in [5.74, 6) is 5.70. The summed E-state index contributed by atoms with van der Waals surface area (Å²) < 4.78 is 5.23. The summed E-state index contributed by atoms with van der Waals surface area (Å²) in [5, 5.41) is 10.7. The maximum absolute atomic E-state index is 13.1. The molecule has 1 aliphatic carbocycles. The molecule has 10 heteroatoms. The number of urea groups is 2. The van der Waals surface area contributed by atoms with Crippen LogP contribution in [0.1, 0.15) is 45.5 Å². The highest BCUT2D eigenvalue weighted by Crippen LogP contribution is 2.41. The van der Waals surface area contributed by atoms with Crippen molar-refractivity contribution < 1.29 is 23.9 Å². The van der Waals surface area contributed by atoms with E-state index < -0.39 is 23.0 Å². The van der Waals surface area contributed by atoms with Gasteiger partial charge in [-0.1, -0.05) is 30.6 Å². The summed E-state index contributed by atoms with van der Waals surface area (Å²) in [4.78, 5) is 51.7. The number of hydrogen-bond acceptors (Lipinski definition) is 5. The van der Waals surface area contributed by atoms with Gasteiger partial charge >= 0.3 is 12.1 Å². The van der Waals surface area contributed by atoms with Crippen LogP contribution in [0.15, 0.2) is 48.7 Å². The Morgan fingerprint density at radius 1 is 1.03 bits per heavy atom. The topological polar surface area (TPSA) is 129 Å². The lowest BCUT2D eigenvalue weighted by molar-refractivity contribution is -0.122. The summed E-state index contributed by atoms with van der Waals surface area (Å²) >= 11 is 0. The van der Waals surface area contributed by atoms with Crippen LogP contribution >= 0.6 is 0 Å². The van der Waals surface area contributed by atoms with Crippen molar-refractivity contribution in [3.8, 4) is 17.6 Å². The van der Waals surface area contributed by atoms with Crippen molar-refractivity contribution in [3.63, 3.8) is 0 Å². The summed E-state index contributed by atoms with van der Waals surface area (Å²) in [6, 6.07) is 10.0. The first kappa shape index (κ1) is 23.6. The summed E-state index contributed by atoms with van der Waals surface area (Å²) in [5.41, 5.74) is 2.33. The zero-order chi connectivity index (χ0) is 26.7. The third kappa shape index (κ3) is 3.58. The number of amides is 6. The fourth-order valence-corrected chi connectivity index (χ4v) is 5.75. The standard InChI is InChI=1S/C28H25N5O5/c1-16-28(32-25(36)29-16)10-3-4-18-12-17(5-8-22(18)28)9-11-27(24(35)30-26(37)31-27)15-33-14-19-6-7-20(38-2)13-21(19)23(33)34/h5-8,12-13H,1,3-4,10,14-15H2,2H3,(H2,29,32,36)(H2,30,31,35,37)/t27-,28+/m1/s1. The second kappa shape index (κ2) is 8.38. The Morgan fingerprint density at radius 2 is 1.84 bits per heavy atom. The normalized spacial score (nSPS) is 25.2. The Morgan fingerprint density at radius 3 is 2.55 bits per heavy atom. The van der Waals surface area contributed by atoms with Crippen LogP contribution in [0.25, 0.3) is 0 Å². The number of benzene rings is 2. The maximum atomic E-state index is 13.1. The molecule has 2 aromatic carbocycles. The van der Waals surface area contributed by atoms with Crippen molar-refractivity contribution >= 4 is 23.9 Å². The van der Waals surface area contributed by atoms with Crippen LogP contribution < -0.4 is 26.0 Å². The number of rotatable bonds is 3. The number of imide groups is 1. The molecule has 2 saturated heterocycles. The van der Waals surface area contributed by atoms with Gasteiger partial charge in [0, 0.05) is 23.4 Å². The molecule has 0 saturated carbocycles. The number of aryl methyl sites for hydroxylation is 1. The highest BCUT2D eigenvalue weighted by atomic mass is 16.5. The minimum atomic E-state index is -1.60. The fourth-order valence-electron chi connectivity index (χ4n) is 5.75. The Bertz CT molecular complexity index is 1520. The first-order valence-electron chi connectivity index (χ1n) is 12.3. The molecule has 6 rings (SSSR count). The van der Waals surface area contributed by atoms with Crippen molar-refractivity contribution in [1.29, 1.82) is 0 Å².